The Morgan fingerprint density at radius 1 is 0.571 bits per heavy atom. The monoisotopic (exact) mass is 469 g/mol. The number of thiophene rings is 1. The van der Waals surface area contributed by atoms with E-state index in [4.69, 9.17) is 0 Å². The smallest absolute Gasteiger partial charge is 0.423 e. The molecule has 2 aromatic heterocycles. The van der Waals surface area contributed by atoms with Gasteiger partial charge in [-0.15, -0.1) is 11.3 Å². The van der Waals surface area contributed by atoms with Gasteiger partial charge in [0.15, 0.2) is 0 Å². The van der Waals surface area contributed by atoms with Crippen LogP contribution in [-0.2, 0) is 0 Å². The highest BCUT2D eigenvalue weighted by molar-refractivity contribution is 7.26. The van der Waals surface area contributed by atoms with Crippen molar-refractivity contribution in [1.29, 1.82) is 0 Å². The molecule has 0 aliphatic rings. The molecule has 0 unspecified atom stereocenters. The van der Waals surface area contributed by atoms with Gasteiger partial charge >= 0.3 is 7.12 Å². The van der Waals surface area contributed by atoms with Gasteiger partial charge in [-0.3, -0.25) is 0 Å². The molecule has 5 heteroatoms. The molecule has 5 aromatic carbocycles. The minimum absolute atomic E-state index is 0.543. The Balaban J connectivity index is 1.50. The molecule has 2 heterocycles. The first kappa shape index (κ1) is 20.5. The number of hydrogen-bond donors (Lipinski definition) is 2. The number of aromatic nitrogens is 1. The van der Waals surface area contributed by atoms with Crippen LogP contribution in [0.3, 0.4) is 0 Å². The molecule has 0 bridgehead atoms. The molecule has 0 saturated heterocycles. The van der Waals surface area contributed by atoms with Gasteiger partial charge in [-0.25, -0.2) is 0 Å². The van der Waals surface area contributed by atoms with Crippen molar-refractivity contribution in [2.75, 3.05) is 0 Å². The quantitative estimate of drug-likeness (QED) is 0.290. The third kappa shape index (κ3) is 3.13. The lowest BCUT2D eigenvalue weighted by molar-refractivity contribution is 0.426. The number of nitrogens with zero attached hydrogens (tertiary/aromatic N) is 1. The van der Waals surface area contributed by atoms with E-state index >= 15 is 0 Å². The number of fused-ring (bicyclic) bond motifs is 6. The summed E-state index contributed by atoms with van der Waals surface area (Å²) >= 11 is 1.68. The summed E-state index contributed by atoms with van der Waals surface area (Å²) in [6, 6.07) is 37.6. The molecule has 7 aromatic rings. The largest absolute Gasteiger partial charge is 0.489 e. The normalized spacial score (nSPS) is 11.7. The average Bonchev–Trinajstić information content (AvgIpc) is 3.44. The van der Waals surface area contributed by atoms with E-state index in [1.165, 1.54) is 10.8 Å². The first-order valence-corrected chi connectivity index (χ1v) is 12.4. The summed E-state index contributed by atoms with van der Waals surface area (Å²) in [5.74, 6) is 0. The van der Waals surface area contributed by atoms with E-state index in [-0.39, 0.29) is 0 Å². The predicted molar refractivity (Wildman–Crippen MR) is 149 cm³/mol. The second-order valence-electron chi connectivity index (χ2n) is 8.83. The molecule has 0 radical (unpaired) electrons. The summed E-state index contributed by atoms with van der Waals surface area (Å²) in [6.45, 7) is 0. The van der Waals surface area contributed by atoms with Crippen molar-refractivity contribution in [3.05, 3.63) is 109 Å². The molecule has 3 nitrogen and oxygen atoms in total. The lowest BCUT2D eigenvalue weighted by Crippen LogP contribution is -2.30. The molecular formula is C30H20BNO2S. The van der Waals surface area contributed by atoms with Crippen LogP contribution in [0.25, 0.3) is 58.8 Å². The van der Waals surface area contributed by atoms with Crippen molar-refractivity contribution in [2.45, 2.75) is 0 Å². The fraction of sp³-hybridized carbons (Fsp3) is 0. The second-order valence-corrected chi connectivity index (χ2v) is 9.91. The highest BCUT2D eigenvalue weighted by Crippen LogP contribution is 2.38. The Labute approximate surface area is 206 Å². The van der Waals surface area contributed by atoms with Crippen LogP contribution in [-0.4, -0.2) is 21.7 Å². The third-order valence-electron chi connectivity index (χ3n) is 6.81. The maximum absolute atomic E-state index is 10.3. The zero-order valence-corrected chi connectivity index (χ0v) is 19.5. The number of rotatable bonds is 3. The molecule has 0 aliphatic heterocycles. The summed E-state index contributed by atoms with van der Waals surface area (Å²) < 4.78 is 4.49. The van der Waals surface area contributed by atoms with Crippen LogP contribution in [0.1, 0.15) is 0 Å². The van der Waals surface area contributed by atoms with Gasteiger partial charge in [0.05, 0.1) is 11.0 Å². The van der Waals surface area contributed by atoms with Gasteiger partial charge in [0.2, 0.25) is 0 Å². The van der Waals surface area contributed by atoms with Gasteiger partial charge in [0, 0.05) is 31.2 Å². The van der Waals surface area contributed by atoms with Crippen molar-refractivity contribution >= 4 is 65.9 Å². The topological polar surface area (TPSA) is 45.4 Å². The average molecular weight is 469 g/mol. The SMILES string of the molecule is OB(O)c1cc(-c2ccc3c(c2)c2ccccc2n3-c2ccccc2)cc2sc3ccccc3c12. The molecule has 0 fully saturated rings. The van der Waals surface area contributed by atoms with E-state index < -0.39 is 7.12 Å². The van der Waals surface area contributed by atoms with Gasteiger partial charge in [0.1, 0.15) is 0 Å². The van der Waals surface area contributed by atoms with Crippen LogP contribution in [0.4, 0.5) is 0 Å². The van der Waals surface area contributed by atoms with Gasteiger partial charge in [-0.1, -0.05) is 66.7 Å². The molecule has 35 heavy (non-hydrogen) atoms. The predicted octanol–water partition coefficient (Wildman–Crippen LogP) is 6.50. The molecule has 0 spiro atoms. The molecule has 2 N–H and O–H groups in total. The Morgan fingerprint density at radius 3 is 2.11 bits per heavy atom. The van der Waals surface area contributed by atoms with Crippen LogP contribution in [0.15, 0.2) is 109 Å². The molecule has 7 rings (SSSR count). The van der Waals surface area contributed by atoms with Crippen LogP contribution in [0.2, 0.25) is 0 Å². The minimum Gasteiger partial charge on any atom is -0.423 e. The van der Waals surface area contributed by atoms with Crippen LogP contribution >= 0.6 is 11.3 Å². The van der Waals surface area contributed by atoms with Gasteiger partial charge < -0.3 is 14.6 Å². The fourth-order valence-electron chi connectivity index (χ4n) is 5.26. The zero-order valence-electron chi connectivity index (χ0n) is 18.7. The summed E-state index contributed by atoms with van der Waals surface area (Å²) in [5, 5.41) is 24.9. The Kier molecular flexibility index (Phi) is 4.58. The van der Waals surface area contributed by atoms with Gasteiger partial charge in [-0.05, 0) is 64.4 Å². The van der Waals surface area contributed by atoms with Gasteiger partial charge in [0.25, 0.3) is 0 Å². The van der Waals surface area contributed by atoms with Crippen molar-refractivity contribution in [3.8, 4) is 16.8 Å². The molecular weight excluding hydrogens is 449 g/mol. The Hall–Kier alpha value is -3.90. The number of para-hydroxylation sites is 2. The van der Waals surface area contributed by atoms with Crippen LogP contribution < -0.4 is 5.46 Å². The number of benzene rings is 5. The number of hydrogen-bond acceptors (Lipinski definition) is 3. The van der Waals surface area contributed by atoms with Crippen LogP contribution in [0, 0.1) is 0 Å². The van der Waals surface area contributed by atoms with Gasteiger partial charge in [-0.2, -0.15) is 0 Å². The maximum Gasteiger partial charge on any atom is 0.489 e. The van der Waals surface area contributed by atoms with E-state index in [1.54, 1.807) is 11.3 Å². The summed E-state index contributed by atoms with van der Waals surface area (Å²) in [4.78, 5) is 0. The summed E-state index contributed by atoms with van der Waals surface area (Å²) in [7, 11) is -1.54. The highest BCUT2D eigenvalue weighted by Gasteiger charge is 2.21. The zero-order chi connectivity index (χ0) is 23.5. The van der Waals surface area contributed by atoms with Crippen LogP contribution in [0.5, 0.6) is 0 Å². The molecule has 0 aliphatic carbocycles. The van der Waals surface area contributed by atoms with E-state index in [1.807, 2.05) is 30.3 Å². The minimum atomic E-state index is -1.54. The standard InChI is InChI=1S/C30H20BNO2S/c33-31(34)25-17-20(18-29-30(25)23-11-5-7-13-28(23)35-29)19-14-15-27-24(16-19)22-10-4-6-12-26(22)32(27)21-8-2-1-3-9-21/h1-18,33-34H. The van der Waals surface area contributed by atoms with Crippen molar-refractivity contribution in [3.63, 3.8) is 0 Å². The first-order valence-electron chi connectivity index (χ1n) is 11.6. The Bertz CT molecular complexity index is 1890. The molecule has 0 saturated carbocycles. The van der Waals surface area contributed by atoms with Crippen molar-refractivity contribution in [2.24, 2.45) is 0 Å². The Morgan fingerprint density at radius 2 is 1.29 bits per heavy atom. The maximum atomic E-state index is 10.3. The lowest BCUT2D eigenvalue weighted by Gasteiger charge is -2.10. The second kappa shape index (κ2) is 7.82. The lowest BCUT2D eigenvalue weighted by atomic mass is 9.76. The highest BCUT2D eigenvalue weighted by atomic mass is 32.1. The third-order valence-corrected chi connectivity index (χ3v) is 7.93. The summed E-state index contributed by atoms with van der Waals surface area (Å²) in [5.41, 5.74) is 6.01. The summed E-state index contributed by atoms with van der Waals surface area (Å²) in [6.07, 6.45) is 0. The fourth-order valence-corrected chi connectivity index (χ4v) is 6.44. The van der Waals surface area contributed by atoms with Crippen molar-refractivity contribution in [1.82, 2.24) is 4.57 Å². The van der Waals surface area contributed by atoms with Crippen molar-refractivity contribution < 1.29 is 10.0 Å². The molecule has 166 valence electrons. The van der Waals surface area contributed by atoms with E-state index in [2.05, 4.69) is 83.4 Å². The van der Waals surface area contributed by atoms with E-state index in [0.717, 1.165) is 48.0 Å². The van der Waals surface area contributed by atoms with E-state index in [0.29, 0.717) is 5.46 Å². The van der Waals surface area contributed by atoms with E-state index in [9.17, 15) is 10.0 Å². The first-order chi connectivity index (χ1) is 17.2. The molecule has 0 atom stereocenters. The molecule has 0 amide bonds.